The summed E-state index contributed by atoms with van der Waals surface area (Å²) < 4.78 is 4.81. The summed E-state index contributed by atoms with van der Waals surface area (Å²) >= 11 is 0. The first-order valence-corrected chi connectivity index (χ1v) is 2.90. The minimum Gasteiger partial charge on any atom is -0.465 e. The van der Waals surface area contributed by atoms with Crippen LogP contribution in [0.4, 0.5) is 0 Å². The summed E-state index contributed by atoms with van der Waals surface area (Å²) in [6.45, 7) is 0. The highest BCUT2D eigenvalue weighted by Crippen LogP contribution is 2.28. The molecular formula is C4H2NOP. The Balaban J connectivity index is 2.40. The van der Waals surface area contributed by atoms with Gasteiger partial charge in [0.2, 0.25) is 0 Å². The molecule has 0 fully saturated rings. The fraction of sp³-hybridized carbons (Fsp3) is 0. The van der Waals surface area contributed by atoms with Crippen molar-refractivity contribution in [1.29, 1.82) is 0 Å². The third kappa shape index (κ3) is 0.401. The molecular weight excluding hydrogens is 109 g/mol. The average Bonchev–Trinajstić information content (AvgIpc) is 2.41. The molecule has 2 aliphatic heterocycles. The fourth-order valence-corrected chi connectivity index (χ4v) is 1.01. The van der Waals surface area contributed by atoms with Crippen molar-refractivity contribution in [1.82, 2.24) is 0 Å². The molecule has 2 rings (SSSR count). The molecule has 34 valence electrons. The van der Waals surface area contributed by atoms with Gasteiger partial charge in [-0.1, -0.05) is 0 Å². The number of hydrogen-bond acceptors (Lipinski definition) is 2. The Bertz CT molecular complexity index is 186. The van der Waals surface area contributed by atoms with E-state index in [1.165, 1.54) is 0 Å². The second-order valence-corrected chi connectivity index (χ2v) is 2.20. The summed E-state index contributed by atoms with van der Waals surface area (Å²) in [5.41, 5.74) is 2.19. The van der Waals surface area contributed by atoms with Gasteiger partial charge in [0.1, 0.15) is 23.4 Å². The molecule has 0 aromatic heterocycles. The van der Waals surface area contributed by atoms with Crippen LogP contribution in [0.25, 0.3) is 0 Å². The van der Waals surface area contributed by atoms with E-state index in [1.807, 2.05) is 0 Å². The van der Waals surface area contributed by atoms with Gasteiger partial charge < -0.3 is 4.74 Å². The molecule has 0 spiro atoms. The van der Waals surface area contributed by atoms with Crippen LogP contribution in [0, 0.1) is 0 Å². The summed E-state index contributed by atoms with van der Waals surface area (Å²) in [6, 6.07) is 0. The number of hydrogen-bond donors (Lipinski definition) is 0. The second kappa shape index (κ2) is 0.958. The molecule has 0 saturated heterocycles. The number of nitrogens with zero attached hydrogens (tertiary/aromatic N) is 1. The van der Waals surface area contributed by atoms with Gasteiger partial charge in [-0.15, -0.1) is 0 Å². The first-order valence-electron chi connectivity index (χ1n) is 1.94. The van der Waals surface area contributed by atoms with E-state index in [4.69, 9.17) is 4.74 Å². The van der Waals surface area contributed by atoms with Crippen LogP contribution in [0.2, 0.25) is 0 Å². The predicted molar refractivity (Wildman–Crippen MR) is 29.6 cm³/mol. The molecule has 0 aliphatic carbocycles. The molecule has 0 bridgehead atoms. The monoisotopic (exact) mass is 111 g/mol. The molecule has 0 aromatic carbocycles. The zero-order valence-electron chi connectivity index (χ0n) is 3.46. The average molecular weight is 111 g/mol. The number of rotatable bonds is 0. The van der Waals surface area contributed by atoms with Gasteiger partial charge in [-0.05, 0) is 8.20 Å². The van der Waals surface area contributed by atoms with Crippen molar-refractivity contribution in [2.24, 2.45) is 4.99 Å². The normalized spacial score (nSPS) is 24.0. The predicted octanol–water partition coefficient (Wildman–Crippen LogP) is 0.976. The van der Waals surface area contributed by atoms with Crippen LogP contribution in [0.15, 0.2) is 17.0 Å². The van der Waals surface area contributed by atoms with E-state index >= 15 is 0 Å². The lowest BCUT2D eigenvalue weighted by Crippen LogP contribution is -1.79. The van der Waals surface area contributed by atoms with E-state index in [1.54, 1.807) is 12.2 Å². The van der Waals surface area contributed by atoms with Crippen molar-refractivity contribution in [3.8, 4) is 0 Å². The number of ether oxygens (including phenoxy) is 1. The maximum Gasteiger partial charge on any atom is 0.130 e. The van der Waals surface area contributed by atoms with Crippen LogP contribution in [0.3, 0.4) is 0 Å². The van der Waals surface area contributed by atoms with Crippen molar-refractivity contribution in [3.05, 3.63) is 12.0 Å². The molecule has 7 heavy (non-hydrogen) atoms. The summed E-state index contributed by atoms with van der Waals surface area (Å²) in [5.74, 6) is 1.72. The number of aliphatic imine (C=N–C) groups is 1. The second-order valence-electron chi connectivity index (χ2n) is 1.31. The molecule has 0 saturated carbocycles. The first kappa shape index (κ1) is 3.39. The topological polar surface area (TPSA) is 21.6 Å². The van der Waals surface area contributed by atoms with E-state index in [0.717, 1.165) is 19.4 Å². The van der Waals surface area contributed by atoms with Gasteiger partial charge >= 0.3 is 0 Å². The van der Waals surface area contributed by atoms with Gasteiger partial charge in [0.05, 0.1) is 0 Å². The quantitative estimate of drug-likeness (QED) is 0.427. The Hall–Kier alpha value is -0.620. The van der Waals surface area contributed by atoms with Crippen molar-refractivity contribution in [2.45, 2.75) is 0 Å². The molecule has 2 nitrogen and oxygen atoms in total. The molecule has 0 amide bonds. The van der Waals surface area contributed by atoms with Crippen LogP contribution < -0.4 is 0 Å². The zero-order chi connectivity index (χ0) is 4.69. The summed E-state index contributed by atoms with van der Waals surface area (Å²) in [4.78, 5) is 3.96. The molecule has 3 heteroatoms. The third-order valence-corrected chi connectivity index (χ3v) is 1.62. The minimum absolute atomic E-state index is 1.03. The van der Waals surface area contributed by atoms with Gasteiger partial charge in [-0.3, -0.25) is 0 Å². The Morgan fingerprint density at radius 1 is 1.71 bits per heavy atom. The van der Waals surface area contributed by atoms with E-state index in [-0.39, 0.29) is 0 Å². The lowest BCUT2D eigenvalue weighted by Gasteiger charge is -1.87. The van der Waals surface area contributed by atoms with Crippen molar-refractivity contribution >= 4 is 19.6 Å². The van der Waals surface area contributed by atoms with Gasteiger partial charge in [0.25, 0.3) is 0 Å². The third-order valence-electron chi connectivity index (χ3n) is 0.821. The maximum atomic E-state index is 4.81. The van der Waals surface area contributed by atoms with Gasteiger partial charge in [0, 0.05) is 0 Å². The molecule has 2 aliphatic rings. The Morgan fingerprint density at radius 2 is 2.71 bits per heavy atom. The van der Waals surface area contributed by atoms with Crippen LogP contribution in [-0.4, -0.2) is 11.4 Å². The van der Waals surface area contributed by atoms with E-state index in [2.05, 4.69) is 4.99 Å². The van der Waals surface area contributed by atoms with E-state index in [0.29, 0.717) is 0 Å². The number of allylic oxidation sites excluding steroid dienone is 1. The Labute approximate surface area is 42.3 Å². The van der Waals surface area contributed by atoms with Gasteiger partial charge in [0.15, 0.2) is 0 Å². The van der Waals surface area contributed by atoms with E-state index in [9.17, 15) is 0 Å². The summed E-state index contributed by atoms with van der Waals surface area (Å²) in [7, 11) is 1.11. The molecule has 0 N–H and O–H groups in total. The first-order chi connectivity index (χ1) is 3.47. The molecule has 0 radical (unpaired) electrons. The molecule has 0 unspecified atom stereocenters. The molecule has 0 aromatic rings. The summed E-state index contributed by atoms with van der Waals surface area (Å²) in [6.07, 6.45) is 1.66. The highest BCUT2D eigenvalue weighted by Gasteiger charge is 2.19. The standard InChI is InChI=1S/C4H2NOP/c1-3-4(5-3)7-2-6-1/h1-2H. The van der Waals surface area contributed by atoms with E-state index < -0.39 is 0 Å². The highest BCUT2D eigenvalue weighted by molar-refractivity contribution is 7.60. The van der Waals surface area contributed by atoms with Crippen molar-refractivity contribution < 1.29 is 4.74 Å². The number of fused-ring (bicyclic) bond motifs is 1. The minimum atomic E-state index is 1.03. The lowest BCUT2D eigenvalue weighted by atomic mass is 10.7. The highest BCUT2D eigenvalue weighted by atomic mass is 31.1. The SMILES string of the molecule is C1=PC2=NC2=CO1. The Morgan fingerprint density at radius 3 is 3.29 bits per heavy atom. The van der Waals surface area contributed by atoms with Crippen molar-refractivity contribution in [3.63, 3.8) is 0 Å². The Kier molecular flexibility index (Phi) is 0.464. The smallest absolute Gasteiger partial charge is 0.130 e. The zero-order valence-corrected chi connectivity index (χ0v) is 4.35. The maximum absolute atomic E-state index is 4.81. The van der Waals surface area contributed by atoms with Crippen molar-refractivity contribution in [2.75, 3.05) is 0 Å². The van der Waals surface area contributed by atoms with Gasteiger partial charge in [-0.25, -0.2) is 4.99 Å². The largest absolute Gasteiger partial charge is 0.465 e. The molecule has 0 atom stereocenters. The van der Waals surface area contributed by atoms with Gasteiger partial charge in [-0.2, -0.15) is 0 Å². The van der Waals surface area contributed by atoms with Crippen LogP contribution >= 0.6 is 8.20 Å². The summed E-state index contributed by atoms with van der Waals surface area (Å²) in [5, 5.41) is 0. The lowest BCUT2D eigenvalue weighted by molar-refractivity contribution is 0.502. The fourth-order valence-electron chi connectivity index (χ4n) is 0.435. The van der Waals surface area contributed by atoms with Crippen LogP contribution in [0.5, 0.6) is 0 Å². The van der Waals surface area contributed by atoms with Crippen LogP contribution in [0.1, 0.15) is 0 Å². The molecule has 2 heterocycles. The van der Waals surface area contributed by atoms with Crippen LogP contribution in [-0.2, 0) is 4.74 Å².